The number of carbonyl (C=O) groups excluding carboxylic acids is 1. The first-order chi connectivity index (χ1) is 6.48. The van der Waals surface area contributed by atoms with Crippen LogP contribution in [0, 0.1) is 17.3 Å². The van der Waals surface area contributed by atoms with Crippen LogP contribution in [0.4, 0.5) is 0 Å². The maximum atomic E-state index is 11.9. The molecule has 1 rings (SSSR count). The summed E-state index contributed by atoms with van der Waals surface area (Å²) < 4.78 is 0. The van der Waals surface area contributed by atoms with Crippen LogP contribution < -0.4 is 0 Å². The van der Waals surface area contributed by atoms with E-state index in [0.29, 0.717) is 5.78 Å². The third-order valence-corrected chi connectivity index (χ3v) is 3.34. The Labute approximate surface area is 88.3 Å². The van der Waals surface area contributed by atoms with E-state index in [1.807, 2.05) is 13.8 Å². The van der Waals surface area contributed by atoms with Crippen LogP contribution in [0.25, 0.3) is 0 Å². The summed E-state index contributed by atoms with van der Waals surface area (Å²) in [6, 6.07) is 0. The Morgan fingerprint density at radius 3 is 2.14 bits per heavy atom. The molecule has 1 fully saturated rings. The molecule has 0 saturated heterocycles. The second-order valence-electron chi connectivity index (χ2n) is 5.59. The Bertz CT molecular complexity index is 199. The lowest BCUT2D eigenvalue weighted by Gasteiger charge is -2.16. The molecule has 1 heteroatoms. The third kappa shape index (κ3) is 2.83. The molecular weight excluding hydrogens is 172 g/mol. The van der Waals surface area contributed by atoms with E-state index in [1.165, 1.54) is 12.8 Å². The monoisotopic (exact) mass is 196 g/mol. The minimum atomic E-state index is 0.128. The molecule has 0 bridgehead atoms. The van der Waals surface area contributed by atoms with Crippen LogP contribution in [-0.4, -0.2) is 5.78 Å². The van der Waals surface area contributed by atoms with Gasteiger partial charge in [-0.25, -0.2) is 0 Å². The fourth-order valence-electron chi connectivity index (χ4n) is 2.23. The molecule has 0 atom stereocenters. The summed E-state index contributed by atoms with van der Waals surface area (Å²) in [6.07, 6.45) is 5.95. The van der Waals surface area contributed by atoms with Gasteiger partial charge >= 0.3 is 0 Å². The predicted octanol–water partition coefficient (Wildman–Crippen LogP) is 3.82. The van der Waals surface area contributed by atoms with Gasteiger partial charge in [0.2, 0.25) is 0 Å². The van der Waals surface area contributed by atoms with E-state index in [0.717, 1.165) is 25.2 Å². The fraction of sp³-hybridized carbons (Fsp3) is 0.923. The highest BCUT2D eigenvalue weighted by Crippen LogP contribution is 2.52. The molecule has 0 heterocycles. The molecule has 0 radical (unpaired) electrons. The lowest BCUT2D eigenvalue weighted by Crippen LogP contribution is -2.21. The highest BCUT2D eigenvalue weighted by Gasteiger charge is 2.48. The lowest BCUT2D eigenvalue weighted by atomic mass is 9.87. The standard InChI is InChI=1S/C13H24O/c1-10(2)6-5-7-13(8-9-13)12(14)11(3)4/h10-11H,5-9H2,1-4H3. The Hall–Kier alpha value is -0.330. The van der Waals surface area contributed by atoms with Crippen molar-refractivity contribution in [1.29, 1.82) is 0 Å². The molecule has 1 nitrogen and oxygen atoms in total. The van der Waals surface area contributed by atoms with Gasteiger partial charge in [0.1, 0.15) is 5.78 Å². The first-order valence-electron chi connectivity index (χ1n) is 6.02. The number of ketones is 1. The average Bonchev–Trinajstić information content (AvgIpc) is 2.83. The van der Waals surface area contributed by atoms with Crippen LogP contribution in [-0.2, 0) is 4.79 Å². The summed E-state index contributed by atoms with van der Waals surface area (Å²) in [7, 11) is 0. The molecule has 0 spiro atoms. The van der Waals surface area contributed by atoms with E-state index >= 15 is 0 Å². The molecule has 1 aliphatic rings. The smallest absolute Gasteiger partial charge is 0.141 e. The number of hydrogen-bond donors (Lipinski definition) is 0. The zero-order chi connectivity index (χ0) is 10.8. The van der Waals surface area contributed by atoms with Crippen molar-refractivity contribution in [3.63, 3.8) is 0 Å². The molecule has 0 aliphatic heterocycles. The summed E-state index contributed by atoms with van der Waals surface area (Å²) in [4.78, 5) is 11.9. The first-order valence-corrected chi connectivity index (χ1v) is 6.02. The Kier molecular flexibility index (Phi) is 3.74. The van der Waals surface area contributed by atoms with E-state index in [-0.39, 0.29) is 11.3 Å². The number of Topliss-reactive ketones (excluding diaryl/α,β-unsaturated/α-hetero) is 1. The molecule has 0 aromatic carbocycles. The third-order valence-electron chi connectivity index (χ3n) is 3.34. The van der Waals surface area contributed by atoms with Gasteiger partial charge in [0, 0.05) is 11.3 Å². The van der Waals surface area contributed by atoms with E-state index in [2.05, 4.69) is 13.8 Å². The normalized spacial score (nSPS) is 19.0. The topological polar surface area (TPSA) is 17.1 Å². The van der Waals surface area contributed by atoms with Crippen LogP contribution >= 0.6 is 0 Å². The summed E-state index contributed by atoms with van der Waals surface area (Å²) in [5, 5.41) is 0. The van der Waals surface area contributed by atoms with Gasteiger partial charge in [0.25, 0.3) is 0 Å². The zero-order valence-electron chi connectivity index (χ0n) is 10.1. The molecule has 82 valence electrons. The lowest BCUT2D eigenvalue weighted by molar-refractivity contribution is -0.127. The van der Waals surface area contributed by atoms with Gasteiger partial charge in [-0.3, -0.25) is 4.79 Å². The van der Waals surface area contributed by atoms with Gasteiger partial charge in [0.05, 0.1) is 0 Å². The number of rotatable bonds is 6. The van der Waals surface area contributed by atoms with Crippen LogP contribution in [0.5, 0.6) is 0 Å². The van der Waals surface area contributed by atoms with Crippen molar-refractivity contribution in [2.75, 3.05) is 0 Å². The maximum absolute atomic E-state index is 11.9. The van der Waals surface area contributed by atoms with Crippen molar-refractivity contribution in [1.82, 2.24) is 0 Å². The predicted molar refractivity (Wildman–Crippen MR) is 60.2 cm³/mol. The van der Waals surface area contributed by atoms with Gasteiger partial charge in [0.15, 0.2) is 0 Å². The molecule has 0 amide bonds. The van der Waals surface area contributed by atoms with E-state index in [4.69, 9.17) is 0 Å². The minimum Gasteiger partial charge on any atom is -0.299 e. The average molecular weight is 196 g/mol. The van der Waals surface area contributed by atoms with E-state index in [9.17, 15) is 4.79 Å². The van der Waals surface area contributed by atoms with Crippen LogP contribution in [0.2, 0.25) is 0 Å². The van der Waals surface area contributed by atoms with E-state index < -0.39 is 0 Å². The van der Waals surface area contributed by atoms with Crippen LogP contribution in [0.3, 0.4) is 0 Å². The molecule has 0 aromatic rings. The van der Waals surface area contributed by atoms with Gasteiger partial charge in [-0.2, -0.15) is 0 Å². The summed E-state index contributed by atoms with van der Waals surface area (Å²) >= 11 is 0. The first kappa shape index (κ1) is 11.7. The van der Waals surface area contributed by atoms with Crippen molar-refractivity contribution in [2.45, 2.75) is 59.8 Å². The Balaban J connectivity index is 2.32. The van der Waals surface area contributed by atoms with Crippen molar-refractivity contribution >= 4 is 5.78 Å². The van der Waals surface area contributed by atoms with Crippen LogP contribution in [0.15, 0.2) is 0 Å². The number of hydrogen-bond acceptors (Lipinski definition) is 1. The summed E-state index contributed by atoms with van der Waals surface area (Å²) in [5.74, 6) is 1.53. The molecule has 0 unspecified atom stereocenters. The van der Waals surface area contributed by atoms with Crippen molar-refractivity contribution in [2.24, 2.45) is 17.3 Å². The highest BCUT2D eigenvalue weighted by atomic mass is 16.1. The molecule has 14 heavy (non-hydrogen) atoms. The second kappa shape index (κ2) is 4.46. The van der Waals surface area contributed by atoms with Gasteiger partial charge in [-0.05, 0) is 25.2 Å². The fourth-order valence-corrected chi connectivity index (χ4v) is 2.23. The van der Waals surface area contributed by atoms with Gasteiger partial charge in [-0.15, -0.1) is 0 Å². The molecule has 1 saturated carbocycles. The van der Waals surface area contributed by atoms with Crippen molar-refractivity contribution in [3.8, 4) is 0 Å². The van der Waals surface area contributed by atoms with Crippen LogP contribution in [0.1, 0.15) is 59.8 Å². The highest BCUT2D eigenvalue weighted by molar-refractivity contribution is 5.88. The molecule has 0 aromatic heterocycles. The SMILES string of the molecule is CC(C)CCCC1(C(=O)C(C)C)CC1. The molecule has 1 aliphatic carbocycles. The second-order valence-corrected chi connectivity index (χ2v) is 5.59. The van der Waals surface area contributed by atoms with E-state index in [1.54, 1.807) is 0 Å². The minimum absolute atomic E-state index is 0.128. The Morgan fingerprint density at radius 1 is 1.21 bits per heavy atom. The van der Waals surface area contributed by atoms with Gasteiger partial charge in [-0.1, -0.05) is 40.5 Å². The quantitative estimate of drug-likeness (QED) is 0.631. The maximum Gasteiger partial charge on any atom is 0.141 e. The largest absolute Gasteiger partial charge is 0.299 e. The number of carbonyl (C=O) groups is 1. The molecular formula is C13H24O. The zero-order valence-corrected chi connectivity index (χ0v) is 10.1. The van der Waals surface area contributed by atoms with Gasteiger partial charge < -0.3 is 0 Å². The summed E-state index contributed by atoms with van der Waals surface area (Å²) in [6.45, 7) is 8.57. The van der Waals surface area contributed by atoms with Crippen molar-refractivity contribution in [3.05, 3.63) is 0 Å². The summed E-state index contributed by atoms with van der Waals surface area (Å²) in [5.41, 5.74) is 0.128. The molecule has 0 N–H and O–H groups in total. The Morgan fingerprint density at radius 2 is 1.79 bits per heavy atom. The van der Waals surface area contributed by atoms with Crippen molar-refractivity contribution < 1.29 is 4.79 Å².